The Kier molecular flexibility index (Phi) is 1.60. The zero-order valence-corrected chi connectivity index (χ0v) is 6.02. The van der Waals surface area contributed by atoms with Crippen LogP contribution in [0.1, 0.15) is 13.8 Å². The highest BCUT2D eigenvalue weighted by Gasteiger charge is 2.11. The van der Waals surface area contributed by atoms with E-state index in [4.69, 9.17) is 0 Å². The van der Waals surface area contributed by atoms with Crippen LogP contribution in [0.2, 0.25) is 0 Å². The summed E-state index contributed by atoms with van der Waals surface area (Å²) in [5.41, 5.74) is 1.03. The number of rotatable bonds is 0. The van der Waals surface area contributed by atoms with Gasteiger partial charge in [0, 0.05) is 11.7 Å². The van der Waals surface area contributed by atoms with Crippen molar-refractivity contribution in [2.24, 2.45) is 5.92 Å². The maximum Gasteiger partial charge on any atom is 0.0292 e. The van der Waals surface area contributed by atoms with Crippen molar-refractivity contribution < 1.29 is 0 Å². The molecule has 1 nitrogen and oxygen atoms in total. The number of nitrogens with one attached hydrogen (secondary N) is 1. The van der Waals surface area contributed by atoms with Gasteiger partial charge in [0.05, 0.1) is 0 Å². The van der Waals surface area contributed by atoms with Gasteiger partial charge in [-0.1, -0.05) is 19.6 Å². The summed E-state index contributed by atoms with van der Waals surface area (Å²) in [4.78, 5) is 0. The minimum absolute atomic E-state index is 0.544. The minimum Gasteiger partial charge on any atom is -0.382 e. The Bertz CT molecular complexity index is 147. The molecule has 0 bridgehead atoms. The van der Waals surface area contributed by atoms with Crippen molar-refractivity contribution in [2.45, 2.75) is 19.9 Å². The maximum atomic E-state index is 3.80. The molecule has 50 valence electrons. The van der Waals surface area contributed by atoms with E-state index in [1.807, 2.05) is 6.08 Å². The first-order valence-electron chi connectivity index (χ1n) is 3.34. The molecular formula is C8H13N. The highest BCUT2D eigenvalue weighted by atomic mass is 14.9. The third kappa shape index (κ3) is 1.35. The van der Waals surface area contributed by atoms with Crippen LogP contribution in [-0.2, 0) is 0 Å². The highest BCUT2D eigenvalue weighted by Crippen LogP contribution is 2.11. The predicted molar refractivity (Wildman–Crippen MR) is 40.0 cm³/mol. The lowest BCUT2D eigenvalue weighted by molar-refractivity contribution is 0.492. The molecule has 2 atom stereocenters. The van der Waals surface area contributed by atoms with Crippen LogP contribution in [0.5, 0.6) is 0 Å². The summed E-state index contributed by atoms with van der Waals surface area (Å²) in [6.45, 7) is 8.16. The molecule has 0 fully saturated rings. The van der Waals surface area contributed by atoms with Gasteiger partial charge in [-0.25, -0.2) is 0 Å². The fourth-order valence-corrected chi connectivity index (χ4v) is 0.907. The second kappa shape index (κ2) is 2.26. The molecule has 9 heavy (non-hydrogen) atoms. The van der Waals surface area contributed by atoms with Crippen LogP contribution in [-0.4, -0.2) is 6.04 Å². The van der Waals surface area contributed by atoms with Crippen LogP contribution in [0.15, 0.2) is 24.4 Å². The van der Waals surface area contributed by atoms with Crippen molar-refractivity contribution in [1.29, 1.82) is 0 Å². The Morgan fingerprint density at radius 2 is 2.22 bits per heavy atom. The van der Waals surface area contributed by atoms with Crippen molar-refractivity contribution in [2.75, 3.05) is 0 Å². The smallest absolute Gasteiger partial charge is 0.0292 e. The van der Waals surface area contributed by atoms with E-state index in [1.165, 1.54) is 0 Å². The highest BCUT2D eigenvalue weighted by molar-refractivity contribution is 5.18. The van der Waals surface area contributed by atoms with E-state index in [1.54, 1.807) is 0 Å². The van der Waals surface area contributed by atoms with Gasteiger partial charge in [0.25, 0.3) is 0 Å². The molecule has 1 heteroatoms. The molecule has 0 amide bonds. The van der Waals surface area contributed by atoms with Crippen LogP contribution in [0.3, 0.4) is 0 Å². The topological polar surface area (TPSA) is 12.0 Å². The molecule has 2 unspecified atom stereocenters. The summed E-state index contributed by atoms with van der Waals surface area (Å²) < 4.78 is 0. The third-order valence-corrected chi connectivity index (χ3v) is 1.80. The molecule has 1 N–H and O–H groups in total. The quantitative estimate of drug-likeness (QED) is 0.517. The molecule has 0 saturated carbocycles. The van der Waals surface area contributed by atoms with Gasteiger partial charge < -0.3 is 5.32 Å². The normalized spacial score (nSPS) is 34.2. The van der Waals surface area contributed by atoms with Crippen LogP contribution in [0.25, 0.3) is 0 Å². The van der Waals surface area contributed by atoms with Gasteiger partial charge >= 0.3 is 0 Å². The number of hydrogen-bond acceptors (Lipinski definition) is 1. The fourth-order valence-electron chi connectivity index (χ4n) is 0.907. The van der Waals surface area contributed by atoms with Crippen molar-refractivity contribution >= 4 is 0 Å². The van der Waals surface area contributed by atoms with Gasteiger partial charge in [-0.15, -0.1) is 0 Å². The molecule has 0 radical (unpaired) electrons. The third-order valence-electron chi connectivity index (χ3n) is 1.80. The summed E-state index contributed by atoms with van der Waals surface area (Å²) >= 11 is 0. The second-order valence-corrected chi connectivity index (χ2v) is 2.68. The molecule has 1 aliphatic heterocycles. The second-order valence-electron chi connectivity index (χ2n) is 2.68. The molecule has 0 aliphatic carbocycles. The SMILES string of the molecule is C=C1C=CC(C)C(C)N1. The molecule has 0 aromatic heterocycles. The molecule has 0 aromatic carbocycles. The number of hydrogen-bond donors (Lipinski definition) is 1. The summed E-state index contributed by atoms with van der Waals surface area (Å²) in [6.07, 6.45) is 4.22. The first-order chi connectivity index (χ1) is 4.20. The monoisotopic (exact) mass is 123 g/mol. The predicted octanol–water partition coefficient (Wildman–Crippen LogP) is 1.68. The summed E-state index contributed by atoms with van der Waals surface area (Å²) in [5.74, 6) is 0.635. The van der Waals surface area contributed by atoms with Crippen molar-refractivity contribution in [1.82, 2.24) is 5.32 Å². The van der Waals surface area contributed by atoms with Crippen molar-refractivity contribution in [3.05, 3.63) is 24.4 Å². The molecule has 1 rings (SSSR count). The van der Waals surface area contributed by atoms with Gasteiger partial charge in [0.2, 0.25) is 0 Å². The van der Waals surface area contributed by atoms with Gasteiger partial charge in [-0.2, -0.15) is 0 Å². The standard InChI is InChI=1S/C8H13N/c1-6-4-5-7(2)9-8(6)3/h4-6,8-9H,2H2,1,3H3. The zero-order chi connectivity index (χ0) is 6.85. The van der Waals surface area contributed by atoms with E-state index in [-0.39, 0.29) is 0 Å². The van der Waals surface area contributed by atoms with Crippen molar-refractivity contribution in [3.8, 4) is 0 Å². The molecular weight excluding hydrogens is 110 g/mol. The summed E-state index contributed by atoms with van der Waals surface area (Å²) in [7, 11) is 0. The Hall–Kier alpha value is -0.720. The van der Waals surface area contributed by atoms with Crippen LogP contribution >= 0.6 is 0 Å². The minimum atomic E-state index is 0.544. The first kappa shape index (κ1) is 6.40. The van der Waals surface area contributed by atoms with E-state index in [9.17, 15) is 0 Å². The Morgan fingerprint density at radius 1 is 1.56 bits per heavy atom. The molecule has 1 aliphatic rings. The zero-order valence-electron chi connectivity index (χ0n) is 6.02. The van der Waals surface area contributed by atoms with Gasteiger partial charge in [-0.05, 0) is 18.9 Å². The van der Waals surface area contributed by atoms with E-state index in [0.29, 0.717) is 12.0 Å². The molecule has 0 aromatic rings. The lowest BCUT2D eigenvalue weighted by Gasteiger charge is -2.23. The van der Waals surface area contributed by atoms with E-state index in [2.05, 4.69) is 31.8 Å². The largest absolute Gasteiger partial charge is 0.382 e. The fraction of sp³-hybridized carbons (Fsp3) is 0.500. The van der Waals surface area contributed by atoms with Crippen molar-refractivity contribution in [3.63, 3.8) is 0 Å². The molecule has 0 spiro atoms. The Balaban J connectivity index is 2.65. The average molecular weight is 123 g/mol. The lowest BCUT2D eigenvalue weighted by atomic mass is 9.99. The van der Waals surface area contributed by atoms with E-state index in [0.717, 1.165) is 5.70 Å². The van der Waals surface area contributed by atoms with Gasteiger partial charge in [-0.3, -0.25) is 0 Å². The summed E-state index contributed by atoms with van der Waals surface area (Å²) in [5, 5.41) is 3.25. The lowest BCUT2D eigenvalue weighted by Crippen LogP contribution is -2.32. The Labute approximate surface area is 56.5 Å². The van der Waals surface area contributed by atoms with E-state index < -0.39 is 0 Å². The van der Waals surface area contributed by atoms with E-state index >= 15 is 0 Å². The van der Waals surface area contributed by atoms with Crippen LogP contribution < -0.4 is 5.32 Å². The summed E-state index contributed by atoms with van der Waals surface area (Å²) in [6, 6.07) is 0.544. The maximum absolute atomic E-state index is 3.80. The Morgan fingerprint density at radius 3 is 2.67 bits per heavy atom. The number of allylic oxidation sites excluding steroid dienone is 1. The molecule has 1 heterocycles. The molecule has 0 saturated heterocycles. The van der Waals surface area contributed by atoms with Gasteiger partial charge in [0.15, 0.2) is 0 Å². The van der Waals surface area contributed by atoms with Gasteiger partial charge in [0.1, 0.15) is 0 Å². The van der Waals surface area contributed by atoms with Crippen LogP contribution in [0.4, 0.5) is 0 Å². The first-order valence-corrected chi connectivity index (χ1v) is 3.34. The average Bonchev–Trinajstić information content (AvgIpc) is 1.80. The van der Waals surface area contributed by atoms with Crippen LogP contribution in [0, 0.1) is 5.92 Å².